The van der Waals surface area contributed by atoms with Gasteiger partial charge in [-0.3, -0.25) is 14.6 Å². The fraction of sp³-hybridized carbons (Fsp3) is 0.389. The SMILES string of the molecule is CC(C)C(NC(=O)c1cc(=O)[nH]c(N(C)C)n1)c1ccc(SC(F)(F)F)c(F)c1. The minimum atomic E-state index is -4.61. The number of anilines is 1. The average Bonchev–Trinajstić information content (AvgIpc) is 2.59. The van der Waals surface area contributed by atoms with Crippen molar-refractivity contribution in [2.75, 3.05) is 19.0 Å². The highest BCUT2D eigenvalue weighted by molar-refractivity contribution is 8.00. The lowest BCUT2D eigenvalue weighted by Gasteiger charge is -2.23. The summed E-state index contributed by atoms with van der Waals surface area (Å²) in [6, 6.07) is 3.66. The van der Waals surface area contributed by atoms with Gasteiger partial charge in [0.15, 0.2) is 0 Å². The van der Waals surface area contributed by atoms with Crippen molar-refractivity contribution >= 4 is 23.6 Å². The van der Waals surface area contributed by atoms with E-state index >= 15 is 0 Å². The van der Waals surface area contributed by atoms with Crippen molar-refractivity contribution in [1.82, 2.24) is 15.3 Å². The molecule has 11 heteroatoms. The van der Waals surface area contributed by atoms with Crippen molar-refractivity contribution in [1.29, 1.82) is 0 Å². The maximum absolute atomic E-state index is 14.2. The molecule has 1 heterocycles. The molecule has 1 atom stereocenters. The first kappa shape index (κ1) is 22.7. The summed E-state index contributed by atoms with van der Waals surface area (Å²) in [4.78, 5) is 31.9. The van der Waals surface area contributed by atoms with Gasteiger partial charge in [-0.1, -0.05) is 19.9 Å². The van der Waals surface area contributed by atoms with E-state index in [1.165, 1.54) is 11.0 Å². The van der Waals surface area contributed by atoms with E-state index in [2.05, 4.69) is 15.3 Å². The molecular weight excluding hydrogens is 412 g/mol. The Labute approximate surface area is 168 Å². The summed E-state index contributed by atoms with van der Waals surface area (Å²) in [6.45, 7) is 3.52. The topological polar surface area (TPSA) is 78.1 Å². The van der Waals surface area contributed by atoms with Crippen LogP contribution in [-0.2, 0) is 0 Å². The molecule has 0 fully saturated rings. The van der Waals surface area contributed by atoms with Crippen molar-refractivity contribution in [2.45, 2.75) is 30.3 Å². The van der Waals surface area contributed by atoms with Crippen LogP contribution < -0.4 is 15.8 Å². The van der Waals surface area contributed by atoms with Gasteiger partial charge in [0.05, 0.1) is 10.9 Å². The highest BCUT2D eigenvalue weighted by atomic mass is 32.2. The maximum atomic E-state index is 14.2. The molecule has 0 spiro atoms. The third-order valence-corrected chi connectivity index (χ3v) is 4.66. The number of rotatable bonds is 6. The summed E-state index contributed by atoms with van der Waals surface area (Å²) < 4.78 is 51.6. The van der Waals surface area contributed by atoms with E-state index in [4.69, 9.17) is 0 Å². The van der Waals surface area contributed by atoms with E-state index < -0.39 is 45.5 Å². The van der Waals surface area contributed by atoms with Crippen molar-refractivity contribution in [3.8, 4) is 0 Å². The van der Waals surface area contributed by atoms with Crippen LogP contribution in [0.25, 0.3) is 0 Å². The molecule has 2 N–H and O–H groups in total. The van der Waals surface area contributed by atoms with Crippen molar-refractivity contribution < 1.29 is 22.4 Å². The standard InChI is InChI=1S/C18H20F4N4O2S/c1-9(2)15(10-5-6-13(11(19)7-10)29-18(20,21)22)25-16(28)12-8-14(27)24-17(23-12)26(3)4/h5-9,15H,1-4H3,(H,25,28)(H,23,24,27). The van der Waals surface area contributed by atoms with Crippen molar-refractivity contribution in [3.05, 3.63) is 51.7 Å². The Morgan fingerprint density at radius 3 is 2.41 bits per heavy atom. The van der Waals surface area contributed by atoms with E-state index in [0.717, 1.165) is 18.2 Å². The van der Waals surface area contributed by atoms with Crippen LogP contribution >= 0.6 is 11.8 Å². The second-order valence-corrected chi connectivity index (χ2v) is 7.89. The van der Waals surface area contributed by atoms with Gasteiger partial charge in [-0.05, 0) is 35.4 Å². The van der Waals surface area contributed by atoms with Crippen LogP contribution in [0, 0.1) is 11.7 Å². The monoisotopic (exact) mass is 432 g/mol. The molecule has 0 bridgehead atoms. The van der Waals surface area contributed by atoms with E-state index in [1.807, 2.05) is 0 Å². The van der Waals surface area contributed by atoms with Gasteiger partial charge in [0.2, 0.25) is 5.95 Å². The van der Waals surface area contributed by atoms with Gasteiger partial charge >= 0.3 is 5.51 Å². The number of halogens is 4. The lowest BCUT2D eigenvalue weighted by Crippen LogP contribution is -2.33. The summed E-state index contributed by atoms with van der Waals surface area (Å²) in [5.74, 6) is -1.72. The Kier molecular flexibility index (Phi) is 6.93. The van der Waals surface area contributed by atoms with Crippen LogP contribution in [0.15, 0.2) is 34.0 Å². The number of nitrogens with zero attached hydrogens (tertiary/aromatic N) is 2. The molecule has 0 saturated heterocycles. The predicted molar refractivity (Wildman–Crippen MR) is 103 cm³/mol. The van der Waals surface area contributed by atoms with Gasteiger partial charge < -0.3 is 10.2 Å². The summed E-state index contributed by atoms with van der Waals surface area (Å²) in [5.41, 5.74) is -4.96. The summed E-state index contributed by atoms with van der Waals surface area (Å²) in [7, 11) is 3.28. The Hall–Kier alpha value is -2.56. The molecule has 1 aromatic heterocycles. The van der Waals surface area contributed by atoms with Gasteiger partial charge in [-0.2, -0.15) is 13.2 Å². The van der Waals surface area contributed by atoms with E-state index in [0.29, 0.717) is 5.56 Å². The number of hydrogen-bond donors (Lipinski definition) is 2. The molecule has 0 aliphatic heterocycles. The van der Waals surface area contributed by atoms with Crippen molar-refractivity contribution in [3.63, 3.8) is 0 Å². The molecule has 29 heavy (non-hydrogen) atoms. The first-order valence-electron chi connectivity index (χ1n) is 8.52. The highest BCUT2D eigenvalue weighted by Crippen LogP contribution is 2.39. The van der Waals surface area contributed by atoms with Crippen LogP contribution in [0.1, 0.15) is 35.9 Å². The Morgan fingerprint density at radius 1 is 1.24 bits per heavy atom. The number of aromatic nitrogens is 2. The molecular formula is C18H20F4N4O2S. The van der Waals surface area contributed by atoms with Crippen LogP contribution in [-0.4, -0.2) is 35.5 Å². The normalized spacial score (nSPS) is 12.7. The number of alkyl halides is 3. The number of nitrogens with one attached hydrogen (secondary N) is 2. The first-order valence-corrected chi connectivity index (χ1v) is 9.33. The van der Waals surface area contributed by atoms with Crippen LogP contribution in [0.4, 0.5) is 23.5 Å². The number of amides is 1. The zero-order chi connectivity index (χ0) is 21.9. The van der Waals surface area contributed by atoms with E-state index in [1.54, 1.807) is 27.9 Å². The second-order valence-electron chi connectivity index (χ2n) is 6.78. The minimum absolute atomic E-state index is 0.132. The third kappa shape index (κ3) is 6.21. The molecule has 0 saturated carbocycles. The first-order chi connectivity index (χ1) is 13.4. The molecule has 1 unspecified atom stereocenters. The quantitative estimate of drug-likeness (QED) is 0.538. The zero-order valence-electron chi connectivity index (χ0n) is 16.1. The Morgan fingerprint density at radius 2 is 1.90 bits per heavy atom. The fourth-order valence-corrected chi connectivity index (χ4v) is 3.08. The van der Waals surface area contributed by atoms with Gasteiger partial charge in [-0.15, -0.1) is 0 Å². The molecule has 2 aromatic rings. The number of thioether (sulfide) groups is 1. The largest absolute Gasteiger partial charge is 0.446 e. The fourth-order valence-electron chi connectivity index (χ4n) is 2.54. The maximum Gasteiger partial charge on any atom is 0.446 e. The summed E-state index contributed by atoms with van der Waals surface area (Å²) in [5, 5.41) is 2.67. The predicted octanol–water partition coefficient (Wildman–Crippen LogP) is 3.71. The second kappa shape index (κ2) is 8.85. The van der Waals surface area contributed by atoms with Gasteiger partial charge in [-0.25, -0.2) is 9.37 Å². The number of aromatic amines is 1. The number of benzene rings is 1. The lowest BCUT2D eigenvalue weighted by atomic mass is 9.95. The van der Waals surface area contributed by atoms with Crippen LogP contribution in [0.3, 0.4) is 0 Å². The molecule has 0 radical (unpaired) electrons. The molecule has 1 aromatic carbocycles. The summed E-state index contributed by atoms with van der Waals surface area (Å²) in [6.07, 6.45) is 0. The number of carbonyl (C=O) groups is 1. The molecule has 0 aliphatic carbocycles. The number of H-pyrrole nitrogens is 1. The zero-order valence-corrected chi connectivity index (χ0v) is 16.9. The van der Waals surface area contributed by atoms with Gasteiger partial charge in [0.25, 0.3) is 11.5 Å². The highest BCUT2D eigenvalue weighted by Gasteiger charge is 2.31. The smallest absolute Gasteiger partial charge is 0.348 e. The Balaban J connectivity index is 2.30. The van der Waals surface area contributed by atoms with E-state index in [-0.39, 0.29) is 17.6 Å². The minimum Gasteiger partial charge on any atom is -0.348 e. The van der Waals surface area contributed by atoms with Crippen LogP contribution in [0.5, 0.6) is 0 Å². The van der Waals surface area contributed by atoms with Gasteiger partial charge in [0, 0.05) is 20.2 Å². The molecule has 6 nitrogen and oxygen atoms in total. The average molecular weight is 432 g/mol. The molecule has 158 valence electrons. The Bertz CT molecular complexity index is 944. The molecule has 0 aliphatic rings. The lowest BCUT2D eigenvalue weighted by molar-refractivity contribution is -0.0329. The van der Waals surface area contributed by atoms with E-state index in [9.17, 15) is 27.2 Å². The van der Waals surface area contributed by atoms with Gasteiger partial charge in [0.1, 0.15) is 11.5 Å². The molecule has 1 amide bonds. The van der Waals surface area contributed by atoms with Crippen molar-refractivity contribution in [2.24, 2.45) is 5.92 Å². The number of carbonyl (C=O) groups excluding carboxylic acids is 1. The molecule has 2 rings (SSSR count). The third-order valence-electron chi connectivity index (χ3n) is 3.88. The number of hydrogen-bond acceptors (Lipinski definition) is 5. The van der Waals surface area contributed by atoms with Crippen LogP contribution in [0.2, 0.25) is 0 Å². The summed E-state index contributed by atoms with van der Waals surface area (Å²) >= 11 is -0.542.